The Morgan fingerprint density at radius 2 is 1.74 bits per heavy atom. The Labute approximate surface area is 111 Å². The van der Waals surface area contributed by atoms with Crippen LogP contribution in [0.25, 0.3) is 0 Å². The Kier molecular flexibility index (Phi) is 4.82. The van der Waals surface area contributed by atoms with Crippen molar-refractivity contribution in [3.05, 3.63) is 35.1 Å². The molecule has 0 saturated carbocycles. The van der Waals surface area contributed by atoms with Crippen molar-refractivity contribution in [1.29, 1.82) is 0 Å². The first-order valence-corrected chi connectivity index (χ1v) is 6.65. The number of benzene rings is 1. The molecule has 1 N–H and O–H groups in total. The van der Waals surface area contributed by atoms with Gasteiger partial charge in [0.15, 0.2) is 17.5 Å². The van der Waals surface area contributed by atoms with Crippen LogP contribution in [-0.2, 0) is 6.54 Å². The fourth-order valence-corrected chi connectivity index (χ4v) is 2.42. The second-order valence-electron chi connectivity index (χ2n) is 5.16. The Morgan fingerprint density at radius 1 is 1.16 bits per heavy atom. The second-order valence-corrected chi connectivity index (χ2v) is 5.16. The van der Waals surface area contributed by atoms with Gasteiger partial charge in [0.05, 0.1) is 0 Å². The normalized spacial score (nSPS) is 17.9. The van der Waals surface area contributed by atoms with Gasteiger partial charge in [0.2, 0.25) is 0 Å². The minimum Gasteiger partial charge on any atom is -0.309 e. The predicted molar refractivity (Wildman–Crippen MR) is 68.3 cm³/mol. The summed E-state index contributed by atoms with van der Waals surface area (Å²) in [5.41, 5.74) is 0.421. The van der Waals surface area contributed by atoms with Gasteiger partial charge in [-0.1, -0.05) is 0 Å². The van der Waals surface area contributed by atoms with Gasteiger partial charge in [0.25, 0.3) is 0 Å². The zero-order chi connectivity index (χ0) is 13.8. The quantitative estimate of drug-likeness (QED) is 0.829. The fourth-order valence-electron chi connectivity index (χ4n) is 2.42. The highest BCUT2D eigenvalue weighted by atomic mass is 19.2. The Bertz CT molecular complexity index is 408. The van der Waals surface area contributed by atoms with Crippen LogP contribution in [0.15, 0.2) is 12.1 Å². The monoisotopic (exact) mass is 272 g/mol. The number of nitrogens with one attached hydrogen (secondary N) is 1. The summed E-state index contributed by atoms with van der Waals surface area (Å²) in [4.78, 5) is 2.36. The average molecular weight is 272 g/mol. The zero-order valence-corrected chi connectivity index (χ0v) is 11.1. The van der Waals surface area contributed by atoms with Crippen LogP contribution in [0.2, 0.25) is 0 Å². The van der Waals surface area contributed by atoms with Crippen LogP contribution in [0.4, 0.5) is 13.2 Å². The van der Waals surface area contributed by atoms with Crippen molar-refractivity contribution < 1.29 is 13.2 Å². The molecule has 0 spiro atoms. The van der Waals surface area contributed by atoms with Crippen LogP contribution in [0.1, 0.15) is 25.3 Å². The van der Waals surface area contributed by atoms with Gasteiger partial charge < -0.3 is 10.2 Å². The lowest BCUT2D eigenvalue weighted by Crippen LogP contribution is -2.37. The van der Waals surface area contributed by atoms with E-state index in [1.807, 2.05) is 6.92 Å². The summed E-state index contributed by atoms with van der Waals surface area (Å²) in [5.74, 6) is -3.68. The van der Waals surface area contributed by atoms with Crippen molar-refractivity contribution in [3.8, 4) is 0 Å². The van der Waals surface area contributed by atoms with Crippen LogP contribution < -0.4 is 5.32 Å². The van der Waals surface area contributed by atoms with Gasteiger partial charge in [-0.2, -0.15) is 0 Å². The number of hydrogen-bond acceptors (Lipinski definition) is 2. The lowest BCUT2D eigenvalue weighted by atomic mass is 10.2. The molecule has 1 atom stereocenters. The van der Waals surface area contributed by atoms with Gasteiger partial charge >= 0.3 is 0 Å². The van der Waals surface area contributed by atoms with Crippen molar-refractivity contribution in [2.75, 3.05) is 19.6 Å². The van der Waals surface area contributed by atoms with Crippen molar-refractivity contribution in [3.63, 3.8) is 0 Å². The molecular weight excluding hydrogens is 253 g/mol. The number of halogens is 3. The number of likely N-dealkylation sites (tertiary alicyclic amines) is 1. The molecule has 2 rings (SSSR count). The first-order valence-electron chi connectivity index (χ1n) is 6.65. The number of nitrogens with zero attached hydrogens (tertiary/aromatic N) is 1. The van der Waals surface area contributed by atoms with Crippen molar-refractivity contribution in [2.24, 2.45) is 0 Å². The molecule has 0 bridgehead atoms. The zero-order valence-electron chi connectivity index (χ0n) is 11.1. The van der Waals surface area contributed by atoms with E-state index in [1.165, 1.54) is 12.8 Å². The van der Waals surface area contributed by atoms with E-state index in [0.717, 1.165) is 31.8 Å². The van der Waals surface area contributed by atoms with Crippen molar-refractivity contribution >= 4 is 0 Å². The minimum absolute atomic E-state index is 0.231. The second kappa shape index (κ2) is 6.39. The summed E-state index contributed by atoms with van der Waals surface area (Å²) in [6.07, 6.45) is 2.47. The van der Waals surface area contributed by atoms with Crippen LogP contribution >= 0.6 is 0 Å². The van der Waals surface area contributed by atoms with E-state index in [9.17, 15) is 13.2 Å². The molecular formula is C14H19F3N2. The topological polar surface area (TPSA) is 15.3 Å². The van der Waals surface area contributed by atoms with E-state index in [4.69, 9.17) is 0 Å². The van der Waals surface area contributed by atoms with Crippen molar-refractivity contribution in [2.45, 2.75) is 32.4 Å². The third kappa shape index (κ3) is 3.94. The summed E-state index contributed by atoms with van der Waals surface area (Å²) in [7, 11) is 0. The third-order valence-corrected chi connectivity index (χ3v) is 3.43. The molecule has 1 aliphatic rings. The average Bonchev–Trinajstić information content (AvgIpc) is 2.86. The first kappa shape index (κ1) is 14.3. The minimum atomic E-state index is -1.41. The fraction of sp³-hybridized carbons (Fsp3) is 0.571. The van der Waals surface area contributed by atoms with E-state index in [-0.39, 0.29) is 6.04 Å². The smallest absolute Gasteiger partial charge is 0.194 e. The molecule has 0 radical (unpaired) electrons. The van der Waals surface area contributed by atoms with Crippen LogP contribution in [-0.4, -0.2) is 30.6 Å². The lowest BCUT2D eigenvalue weighted by Gasteiger charge is -2.21. The summed E-state index contributed by atoms with van der Waals surface area (Å²) in [6, 6.07) is 2.30. The largest absolute Gasteiger partial charge is 0.309 e. The Hall–Kier alpha value is -1.07. The van der Waals surface area contributed by atoms with E-state index >= 15 is 0 Å². The maximum Gasteiger partial charge on any atom is 0.194 e. The molecule has 0 aromatic heterocycles. The van der Waals surface area contributed by atoms with Crippen molar-refractivity contribution in [1.82, 2.24) is 10.2 Å². The van der Waals surface area contributed by atoms with E-state index in [2.05, 4.69) is 10.2 Å². The Balaban J connectivity index is 1.84. The maximum absolute atomic E-state index is 13.0. The number of hydrogen-bond donors (Lipinski definition) is 1. The van der Waals surface area contributed by atoms with Crippen LogP contribution in [0, 0.1) is 17.5 Å². The SMILES string of the molecule is CC(CN1CCCC1)NCc1cc(F)c(F)c(F)c1. The predicted octanol–water partition coefficient (Wildman–Crippen LogP) is 2.68. The molecule has 1 aliphatic heterocycles. The molecule has 1 aromatic carbocycles. The first-order chi connectivity index (χ1) is 9.06. The van der Waals surface area contributed by atoms with Crippen LogP contribution in [0.3, 0.4) is 0 Å². The molecule has 19 heavy (non-hydrogen) atoms. The summed E-state index contributed by atoms with van der Waals surface area (Å²) >= 11 is 0. The highest BCUT2D eigenvalue weighted by Crippen LogP contribution is 2.14. The molecule has 1 unspecified atom stereocenters. The summed E-state index contributed by atoms with van der Waals surface area (Å²) in [6.45, 7) is 5.53. The molecule has 1 heterocycles. The van der Waals surface area contributed by atoms with E-state index in [0.29, 0.717) is 12.1 Å². The molecule has 106 valence electrons. The molecule has 1 fully saturated rings. The summed E-state index contributed by atoms with van der Waals surface area (Å²) in [5, 5.41) is 3.20. The van der Waals surface area contributed by atoms with E-state index < -0.39 is 17.5 Å². The Morgan fingerprint density at radius 3 is 2.32 bits per heavy atom. The number of rotatable bonds is 5. The molecule has 0 aliphatic carbocycles. The van der Waals surface area contributed by atoms with Gasteiger partial charge in [0.1, 0.15) is 0 Å². The van der Waals surface area contributed by atoms with Gasteiger partial charge in [-0.15, -0.1) is 0 Å². The third-order valence-electron chi connectivity index (χ3n) is 3.43. The maximum atomic E-state index is 13.0. The highest BCUT2D eigenvalue weighted by Gasteiger charge is 2.15. The molecule has 5 heteroatoms. The van der Waals surface area contributed by atoms with Gasteiger partial charge in [-0.05, 0) is 50.6 Å². The van der Waals surface area contributed by atoms with Gasteiger partial charge in [0, 0.05) is 19.1 Å². The standard InChI is InChI=1S/C14H19F3N2/c1-10(9-19-4-2-3-5-19)18-8-11-6-12(15)14(17)13(16)7-11/h6-7,10,18H,2-5,8-9H2,1H3. The van der Waals surface area contributed by atoms with Gasteiger partial charge in [-0.3, -0.25) is 0 Å². The van der Waals surface area contributed by atoms with Crippen LogP contribution in [0.5, 0.6) is 0 Å². The molecule has 1 saturated heterocycles. The molecule has 0 amide bonds. The molecule has 2 nitrogen and oxygen atoms in total. The van der Waals surface area contributed by atoms with E-state index in [1.54, 1.807) is 0 Å². The van der Waals surface area contributed by atoms with Gasteiger partial charge in [-0.25, -0.2) is 13.2 Å². The lowest BCUT2D eigenvalue weighted by molar-refractivity contribution is 0.298. The summed E-state index contributed by atoms with van der Waals surface area (Å²) < 4.78 is 38.9. The molecule has 1 aromatic rings. The highest BCUT2D eigenvalue weighted by molar-refractivity contribution is 5.19.